The molecule has 2 amide bonds. The van der Waals surface area contributed by atoms with Crippen molar-refractivity contribution in [2.75, 3.05) is 32.2 Å². The summed E-state index contributed by atoms with van der Waals surface area (Å²) in [7, 11) is 3.09. The Labute approximate surface area is 146 Å². The second-order valence-corrected chi connectivity index (χ2v) is 5.21. The van der Waals surface area contributed by atoms with Gasteiger partial charge in [-0.05, 0) is 24.3 Å². The number of methoxy groups -OCH3 is 2. The molecule has 25 heavy (non-hydrogen) atoms. The fourth-order valence-electron chi connectivity index (χ4n) is 2.34. The number of carbonyl (C=O) groups excluding carboxylic acids is 2. The lowest BCUT2D eigenvalue weighted by molar-refractivity contribution is -0.116. The second-order valence-electron chi connectivity index (χ2n) is 5.21. The van der Waals surface area contributed by atoms with Gasteiger partial charge < -0.3 is 19.7 Å². The quantitative estimate of drug-likeness (QED) is 0.830. The van der Waals surface area contributed by atoms with Gasteiger partial charge in [0, 0.05) is 44.2 Å². The zero-order chi connectivity index (χ0) is 18.2. The van der Waals surface area contributed by atoms with Gasteiger partial charge in [-0.25, -0.2) is 0 Å². The molecule has 132 valence electrons. The van der Waals surface area contributed by atoms with Crippen LogP contribution in [0.3, 0.4) is 0 Å². The summed E-state index contributed by atoms with van der Waals surface area (Å²) in [5.74, 6) is 0.747. The molecule has 1 aromatic carbocycles. The topological polar surface area (TPSA) is 80.8 Å². The van der Waals surface area contributed by atoms with Crippen molar-refractivity contribution in [2.24, 2.45) is 0 Å². The molecular weight excluding hydrogens is 322 g/mol. The molecule has 1 aromatic heterocycles. The van der Waals surface area contributed by atoms with E-state index < -0.39 is 0 Å². The van der Waals surface area contributed by atoms with Crippen LogP contribution in [0.2, 0.25) is 0 Å². The van der Waals surface area contributed by atoms with Crippen LogP contribution in [0, 0.1) is 0 Å². The zero-order valence-electron chi connectivity index (χ0n) is 14.5. The summed E-state index contributed by atoms with van der Waals surface area (Å²) < 4.78 is 10.5. The first-order valence-corrected chi connectivity index (χ1v) is 7.75. The summed E-state index contributed by atoms with van der Waals surface area (Å²) >= 11 is 0. The van der Waals surface area contributed by atoms with E-state index >= 15 is 0 Å². The zero-order valence-corrected chi connectivity index (χ0v) is 14.5. The highest BCUT2D eigenvalue weighted by atomic mass is 16.5. The molecule has 2 rings (SSSR count). The molecule has 0 spiro atoms. The van der Waals surface area contributed by atoms with Gasteiger partial charge in [0.1, 0.15) is 0 Å². The molecule has 0 saturated heterocycles. The van der Waals surface area contributed by atoms with Gasteiger partial charge in [-0.2, -0.15) is 0 Å². The van der Waals surface area contributed by atoms with Crippen molar-refractivity contribution in [3.8, 4) is 11.5 Å². The van der Waals surface area contributed by atoms with Crippen LogP contribution >= 0.6 is 0 Å². The van der Waals surface area contributed by atoms with Crippen molar-refractivity contribution in [1.82, 2.24) is 10.3 Å². The van der Waals surface area contributed by atoms with E-state index in [1.165, 1.54) is 20.2 Å². The first-order valence-electron chi connectivity index (χ1n) is 7.75. The Bertz CT molecular complexity index is 734. The SMILES string of the molecule is COc1ccc(N(CCNC(=O)c2cccnc2)C(C)=O)cc1OC. The van der Waals surface area contributed by atoms with Gasteiger partial charge in [0.2, 0.25) is 5.91 Å². The number of nitrogens with zero attached hydrogens (tertiary/aromatic N) is 2. The van der Waals surface area contributed by atoms with Gasteiger partial charge in [0.05, 0.1) is 19.8 Å². The number of anilines is 1. The monoisotopic (exact) mass is 343 g/mol. The van der Waals surface area contributed by atoms with Crippen molar-refractivity contribution in [1.29, 1.82) is 0 Å². The summed E-state index contributed by atoms with van der Waals surface area (Å²) in [6.45, 7) is 2.11. The molecule has 0 bridgehead atoms. The van der Waals surface area contributed by atoms with Crippen molar-refractivity contribution in [3.63, 3.8) is 0 Å². The van der Waals surface area contributed by atoms with Gasteiger partial charge in [-0.3, -0.25) is 14.6 Å². The Hall–Kier alpha value is -3.09. The number of nitrogens with one attached hydrogen (secondary N) is 1. The van der Waals surface area contributed by atoms with Crippen molar-refractivity contribution in [2.45, 2.75) is 6.92 Å². The molecule has 0 atom stereocenters. The first-order chi connectivity index (χ1) is 12.1. The maximum absolute atomic E-state index is 12.0. The molecule has 0 aliphatic rings. The molecule has 0 fully saturated rings. The lowest BCUT2D eigenvalue weighted by Gasteiger charge is -2.22. The Balaban J connectivity index is 2.04. The number of hydrogen-bond donors (Lipinski definition) is 1. The molecule has 0 radical (unpaired) electrons. The number of pyridine rings is 1. The number of ether oxygens (including phenoxy) is 2. The Kier molecular flexibility index (Phi) is 6.33. The third-order valence-electron chi connectivity index (χ3n) is 3.60. The summed E-state index contributed by atoms with van der Waals surface area (Å²) in [4.78, 5) is 29.5. The fourth-order valence-corrected chi connectivity index (χ4v) is 2.34. The second kappa shape index (κ2) is 8.68. The Morgan fingerprint density at radius 1 is 1.16 bits per heavy atom. The number of rotatable bonds is 7. The van der Waals surface area contributed by atoms with E-state index in [0.29, 0.717) is 35.8 Å². The van der Waals surface area contributed by atoms with Crippen LogP contribution in [0.4, 0.5) is 5.69 Å². The maximum Gasteiger partial charge on any atom is 0.252 e. The molecule has 0 saturated carbocycles. The molecule has 7 nitrogen and oxygen atoms in total. The Morgan fingerprint density at radius 3 is 2.52 bits per heavy atom. The van der Waals surface area contributed by atoms with E-state index in [4.69, 9.17) is 9.47 Å². The molecule has 0 aliphatic carbocycles. The number of aromatic nitrogens is 1. The molecule has 1 N–H and O–H groups in total. The van der Waals surface area contributed by atoms with Gasteiger partial charge in [0.25, 0.3) is 5.91 Å². The predicted octanol–water partition coefficient (Wildman–Crippen LogP) is 1.88. The lowest BCUT2D eigenvalue weighted by atomic mass is 10.2. The highest BCUT2D eigenvalue weighted by Crippen LogP contribution is 2.31. The normalized spacial score (nSPS) is 10.0. The highest BCUT2D eigenvalue weighted by Gasteiger charge is 2.15. The molecule has 0 aliphatic heterocycles. The minimum Gasteiger partial charge on any atom is -0.493 e. The van der Waals surface area contributed by atoms with E-state index in [0.717, 1.165) is 0 Å². The summed E-state index contributed by atoms with van der Waals surface area (Å²) in [6, 6.07) is 8.60. The van der Waals surface area contributed by atoms with Crippen LogP contribution in [0.5, 0.6) is 11.5 Å². The van der Waals surface area contributed by atoms with Crippen LogP contribution in [0.15, 0.2) is 42.7 Å². The average molecular weight is 343 g/mol. The third-order valence-corrected chi connectivity index (χ3v) is 3.60. The van der Waals surface area contributed by atoms with E-state index in [-0.39, 0.29) is 11.8 Å². The van der Waals surface area contributed by atoms with Crippen molar-refractivity contribution in [3.05, 3.63) is 48.3 Å². The van der Waals surface area contributed by atoms with Crippen molar-refractivity contribution < 1.29 is 19.1 Å². The molecule has 1 heterocycles. The smallest absolute Gasteiger partial charge is 0.252 e. The minimum absolute atomic E-state index is 0.136. The van der Waals surface area contributed by atoms with Gasteiger partial charge in [-0.15, -0.1) is 0 Å². The summed E-state index contributed by atoms with van der Waals surface area (Å²) in [5, 5.41) is 2.78. The summed E-state index contributed by atoms with van der Waals surface area (Å²) in [6.07, 6.45) is 3.09. The van der Waals surface area contributed by atoms with Crippen LogP contribution in [-0.4, -0.2) is 44.1 Å². The Morgan fingerprint density at radius 2 is 1.92 bits per heavy atom. The third kappa shape index (κ3) is 4.69. The number of benzene rings is 1. The molecule has 7 heteroatoms. The standard InChI is InChI=1S/C18H21N3O4/c1-13(22)21(15-6-7-16(24-2)17(11-15)25-3)10-9-20-18(23)14-5-4-8-19-12-14/h4-8,11-12H,9-10H2,1-3H3,(H,20,23). The number of amides is 2. The minimum atomic E-state index is -0.232. The molecule has 2 aromatic rings. The van der Waals surface area contributed by atoms with E-state index in [1.807, 2.05) is 0 Å². The van der Waals surface area contributed by atoms with Crippen LogP contribution in [-0.2, 0) is 4.79 Å². The van der Waals surface area contributed by atoms with Crippen LogP contribution in [0.1, 0.15) is 17.3 Å². The van der Waals surface area contributed by atoms with E-state index in [9.17, 15) is 9.59 Å². The van der Waals surface area contributed by atoms with Crippen LogP contribution in [0.25, 0.3) is 0 Å². The average Bonchev–Trinajstić information content (AvgIpc) is 2.65. The van der Waals surface area contributed by atoms with Crippen molar-refractivity contribution >= 4 is 17.5 Å². The molecule has 0 unspecified atom stereocenters. The van der Waals surface area contributed by atoms with Gasteiger partial charge >= 0.3 is 0 Å². The highest BCUT2D eigenvalue weighted by molar-refractivity contribution is 5.94. The number of hydrogen-bond acceptors (Lipinski definition) is 5. The fraction of sp³-hybridized carbons (Fsp3) is 0.278. The van der Waals surface area contributed by atoms with Crippen LogP contribution < -0.4 is 19.7 Å². The molecular formula is C18H21N3O4. The summed E-state index contributed by atoms with van der Waals surface area (Å²) in [5.41, 5.74) is 1.14. The maximum atomic E-state index is 12.0. The largest absolute Gasteiger partial charge is 0.493 e. The first kappa shape index (κ1) is 18.3. The van der Waals surface area contributed by atoms with Gasteiger partial charge in [0.15, 0.2) is 11.5 Å². The van der Waals surface area contributed by atoms with Gasteiger partial charge in [-0.1, -0.05) is 0 Å². The van der Waals surface area contributed by atoms with E-state index in [2.05, 4.69) is 10.3 Å². The predicted molar refractivity (Wildman–Crippen MR) is 94.1 cm³/mol. The van der Waals surface area contributed by atoms with E-state index in [1.54, 1.807) is 48.5 Å². The number of carbonyl (C=O) groups is 2. The lowest BCUT2D eigenvalue weighted by Crippen LogP contribution is -2.37.